The van der Waals surface area contributed by atoms with E-state index in [2.05, 4.69) is 0 Å². The zero-order valence-corrected chi connectivity index (χ0v) is 7.15. The van der Waals surface area contributed by atoms with Gasteiger partial charge in [0.2, 0.25) is 0 Å². The lowest BCUT2D eigenvalue weighted by atomic mass is 10.7. The zero-order chi connectivity index (χ0) is 6.69. The lowest BCUT2D eigenvalue weighted by molar-refractivity contribution is 0.491. The predicted octanol–water partition coefficient (Wildman–Crippen LogP) is 3.06. The van der Waals surface area contributed by atoms with Gasteiger partial charge in [0.15, 0.2) is 0 Å². The van der Waals surface area contributed by atoms with Gasteiger partial charge >= 0.3 is 0 Å². The van der Waals surface area contributed by atoms with E-state index in [0.29, 0.717) is 0 Å². The Morgan fingerprint density at radius 1 is 1.78 bits per heavy atom. The molecule has 0 amide bonds. The van der Waals surface area contributed by atoms with Gasteiger partial charge in [0.1, 0.15) is 4.21 Å². The van der Waals surface area contributed by atoms with Gasteiger partial charge in [-0.25, -0.2) is 0 Å². The minimum Gasteiger partial charge on any atom is -0.313 e. The molecule has 50 valence electrons. The molecule has 4 heteroatoms. The van der Waals surface area contributed by atoms with Gasteiger partial charge in [0, 0.05) is 12.0 Å². The van der Waals surface area contributed by atoms with Crippen molar-refractivity contribution in [2.75, 3.05) is 7.11 Å². The topological polar surface area (TPSA) is 9.23 Å². The van der Waals surface area contributed by atoms with E-state index >= 15 is 0 Å². The van der Waals surface area contributed by atoms with Crippen LogP contribution in [0.1, 0.15) is 0 Å². The second-order valence-electron chi connectivity index (χ2n) is 1.31. The maximum absolute atomic E-state index is 5.73. The minimum absolute atomic E-state index is 0.770. The molecule has 1 rings (SSSR count). The van der Waals surface area contributed by atoms with Crippen molar-refractivity contribution < 1.29 is 4.18 Å². The van der Waals surface area contributed by atoms with Crippen LogP contribution in [0.3, 0.4) is 0 Å². The largest absolute Gasteiger partial charge is 0.313 e. The highest BCUT2D eigenvalue weighted by Gasteiger charge is 1.99. The van der Waals surface area contributed by atoms with Crippen molar-refractivity contribution in [1.82, 2.24) is 0 Å². The van der Waals surface area contributed by atoms with E-state index in [9.17, 15) is 0 Å². The van der Waals surface area contributed by atoms with Crippen LogP contribution in [0.2, 0.25) is 5.02 Å². The van der Waals surface area contributed by atoms with Gasteiger partial charge in [-0.3, -0.25) is 0 Å². The maximum Gasteiger partial charge on any atom is 0.106 e. The molecule has 0 aromatic carbocycles. The fourth-order valence-corrected chi connectivity index (χ4v) is 2.12. The van der Waals surface area contributed by atoms with Crippen LogP contribution in [-0.4, -0.2) is 7.11 Å². The molecule has 1 heterocycles. The third-order valence-electron chi connectivity index (χ3n) is 0.743. The van der Waals surface area contributed by atoms with Crippen molar-refractivity contribution in [3.8, 4) is 0 Å². The van der Waals surface area contributed by atoms with Gasteiger partial charge in [-0.2, -0.15) is 0 Å². The van der Waals surface area contributed by atoms with Crippen LogP contribution in [0, 0.1) is 0 Å². The van der Waals surface area contributed by atoms with Crippen LogP contribution in [0.15, 0.2) is 15.7 Å². The Bertz CT molecular complexity index is 187. The molecule has 0 aliphatic carbocycles. The fourth-order valence-electron chi connectivity index (χ4n) is 0.415. The summed E-state index contributed by atoms with van der Waals surface area (Å²) >= 11 is 8.60. The van der Waals surface area contributed by atoms with E-state index in [4.69, 9.17) is 15.8 Å². The molecule has 1 aromatic heterocycles. The molecule has 0 aliphatic heterocycles. The third kappa shape index (κ3) is 1.86. The Balaban J connectivity index is 2.69. The molecule has 0 spiro atoms. The quantitative estimate of drug-likeness (QED) is 0.647. The van der Waals surface area contributed by atoms with Crippen molar-refractivity contribution in [2.45, 2.75) is 4.21 Å². The average molecular weight is 181 g/mol. The Morgan fingerprint density at radius 2 is 2.56 bits per heavy atom. The standard InChI is InChI=1S/C5H5ClOS2/c1-7-9-5-4(6)2-3-8-5/h2-3H,1H3. The molecule has 9 heavy (non-hydrogen) atoms. The summed E-state index contributed by atoms with van der Waals surface area (Å²) in [5, 5.41) is 2.70. The SMILES string of the molecule is COSc1sccc1Cl. The molecule has 0 saturated heterocycles. The highest BCUT2D eigenvalue weighted by molar-refractivity contribution is 7.96. The molecule has 0 fully saturated rings. The molecule has 0 aliphatic rings. The first kappa shape index (κ1) is 7.41. The Hall–Kier alpha value is 0.300. The molecular formula is C5H5ClOS2. The molecule has 0 bridgehead atoms. The first-order chi connectivity index (χ1) is 4.34. The van der Waals surface area contributed by atoms with E-state index in [-0.39, 0.29) is 0 Å². The number of rotatable bonds is 2. The highest BCUT2D eigenvalue weighted by atomic mass is 35.5. The van der Waals surface area contributed by atoms with Crippen molar-refractivity contribution >= 4 is 35.0 Å². The van der Waals surface area contributed by atoms with Crippen molar-refractivity contribution in [1.29, 1.82) is 0 Å². The predicted molar refractivity (Wildman–Crippen MR) is 42.2 cm³/mol. The number of thiophene rings is 1. The van der Waals surface area contributed by atoms with Gasteiger partial charge in [-0.15, -0.1) is 11.3 Å². The summed E-state index contributed by atoms with van der Waals surface area (Å²) in [5.74, 6) is 0. The molecule has 0 unspecified atom stereocenters. The van der Waals surface area contributed by atoms with Gasteiger partial charge in [0.05, 0.1) is 12.1 Å². The smallest absolute Gasteiger partial charge is 0.106 e. The number of hydrogen-bond acceptors (Lipinski definition) is 3. The summed E-state index contributed by atoms with van der Waals surface area (Å²) in [7, 11) is 1.63. The van der Waals surface area contributed by atoms with Gasteiger partial charge in [0.25, 0.3) is 0 Å². The lowest BCUT2D eigenvalue weighted by Crippen LogP contribution is -1.63. The molecule has 0 radical (unpaired) electrons. The second kappa shape index (κ2) is 3.46. The summed E-state index contributed by atoms with van der Waals surface area (Å²) in [6.45, 7) is 0. The normalized spacial score (nSPS) is 10.0. The Labute approximate surface area is 67.2 Å². The molecule has 1 nitrogen and oxygen atoms in total. The zero-order valence-electron chi connectivity index (χ0n) is 4.76. The summed E-state index contributed by atoms with van der Waals surface area (Å²) in [6, 6.07) is 1.85. The number of hydrogen-bond donors (Lipinski definition) is 0. The van der Waals surface area contributed by atoms with Crippen molar-refractivity contribution in [3.05, 3.63) is 16.5 Å². The highest BCUT2D eigenvalue weighted by Crippen LogP contribution is 2.32. The van der Waals surface area contributed by atoms with E-state index in [1.165, 1.54) is 12.0 Å². The molecule has 0 saturated carbocycles. The van der Waals surface area contributed by atoms with E-state index in [0.717, 1.165) is 9.23 Å². The Kier molecular flexibility index (Phi) is 2.85. The van der Waals surface area contributed by atoms with Crippen LogP contribution < -0.4 is 0 Å². The van der Waals surface area contributed by atoms with Crippen LogP contribution in [-0.2, 0) is 4.18 Å². The lowest BCUT2D eigenvalue weighted by Gasteiger charge is -1.90. The van der Waals surface area contributed by atoms with Crippen molar-refractivity contribution in [2.24, 2.45) is 0 Å². The first-order valence-electron chi connectivity index (χ1n) is 2.28. The first-order valence-corrected chi connectivity index (χ1v) is 4.28. The number of halogens is 1. The molecule has 0 atom stereocenters. The van der Waals surface area contributed by atoms with Crippen LogP contribution in [0.4, 0.5) is 0 Å². The van der Waals surface area contributed by atoms with Gasteiger partial charge < -0.3 is 4.18 Å². The maximum atomic E-state index is 5.73. The molecule has 0 N–H and O–H groups in total. The fraction of sp³-hybridized carbons (Fsp3) is 0.200. The van der Waals surface area contributed by atoms with Gasteiger partial charge in [-0.1, -0.05) is 11.6 Å². The van der Waals surface area contributed by atoms with Crippen LogP contribution in [0.5, 0.6) is 0 Å². The molecule has 1 aromatic rings. The summed E-state index contributed by atoms with van der Waals surface area (Å²) in [4.78, 5) is 0. The van der Waals surface area contributed by atoms with E-state index < -0.39 is 0 Å². The monoisotopic (exact) mass is 180 g/mol. The molecular weight excluding hydrogens is 176 g/mol. The van der Waals surface area contributed by atoms with Crippen molar-refractivity contribution in [3.63, 3.8) is 0 Å². The van der Waals surface area contributed by atoms with E-state index in [1.54, 1.807) is 18.4 Å². The van der Waals surface area contributed by atoms with Crippen LogP contribution in [0.25, 0.3) is 0 Å². The minimum atomic E-state index is 0.770. The van der Waals surface area contributed by atoms with Crippen LogP contribution >= 0.6 is 35.0 Å². The average Bonchev–Trinajstić information content (AvgIpc) is 2.18. The third-order valence-corrected chi connectivity index (χ3v) is 3.02. The summed E-state index contributed by atoms with van der Waals surface area (Å²) in [5.41, 5.74) is 0. The Morgan fingerprint density at radius 3 is 3.00 bits per heavy atom. The summed E-state index contributed by atoms with van der Waals surface area (Å²) < 4.78 is 5.82. The van der Waals surface area contributed by atoms with Gasteiger partial charge in [-0.05, 0) is 11.4 Å². The van der Waals surface area contributed by atoms with E-state index in [1.807, 2.05) is 11.4 Å². The summed E-state index contributed by atoms with van der Waals surface area (Å²) in [6.07, 6.45) is 0. The second-order valence-corrected chi connectivity index (χ2v) is 3.80.